The van der Waals surface area contributed by atoms with Crippen LogP contribution in [0.1, 0.15) is 17.5 Å². The lowest BCUT2D eigenvalue weighted by Gasteiger charge is -2.32. The highest BCUT2D eigenvalue weighted by Gasteiger charge is 2.44. The molecule has 1 atom stereocenters. The van der Waals surface area contributed by atoms with Crippen LogP contribution in [0.2, 0.25) is 0 Å². The van der Waals surface area contributed by atoms with E-state index in [4.69, 9.17) is 14.2 Å². The molecule has 4 rings (SSSR count). The lowest BCUT2D eigenvalue weighted by Crippen LogP contribution is -2.44. The standard InChI is InChI=1S/C22H24N2O5/c1-27-18-7-5-4-6-16(18)24-21(25)12-17(22(24)26)23-9-8-14-10-19(28-2)20(29-3)11-15(14)13-23/h4-7,10-11,17H,8-9,12-13H2,1-3H3. The minimum atomic E-state index is -0.478. The Kier molecular flexibility index (Phi) is 5.15. The number of hydrogen-bond donors (Lipinski definition) is 0. The number of para-hydroxylation sites is 2. The summed E-state index contributed by atoms with van der Waals surface area (Å²) in [5.74, 6) is 1.47. The van der Waals surface area contributed by atoms with Crippen molar-refractivity contribution in [3.8, 4) is 17.2 Å². The molecule has 0 radical (unpaired) electrons. The van der Waals surface area contributed by atoms with Crippen LogP contribution in [0, 0.1) is 0 Å². The minimum Gasteiger partial charge on any atom is -0.495 e. The van der Waals surface area contributed by atoms with Gasteiger partial charge in [-0.1, -0.05) is 12.1 Å². The van der Waals surface area contributed by atoms with Gasteiger partial charge in [0.25, 0.3) is 5.91 Å². The fraction of sp³-hybridized carbons (Fsp3) is 0.364. The summed E-state index contributed by atoms with van der Waals surface area (Å²) >= 11 is 0. The first kappa shape index (κ1) is 19.3. The predicted octanol–water partition coefficient (Wildman–Crippen LogP) is 2.40. The van der Waals surface area contributed by atoms with Crippen molar-refractivity contribution in [1.29, 1.82) is 0 Å². The van der Waals surface area contributed by atoms with Crippen molar-refractivity contribution < 1.29 is 23.8 Å². The monoisotopic (exact) mass is 396 g/mol. The van der Waals surface area contributed by atoms with E-state index in [-0.39, 0.29) is 18.2 Å². The molecule has 2 aromatic carbocycles. The van der Waals surface area contributed by atoms with E-state index in [1.807, 2.05) is 18.2 Å². The van der Waals surface area contributed by atoms with Gasteiger partial charge in [-0.3, -0.25) is 14.5 Å². The van der Waals surface area contributed by atoms with Crippen LogP contribution < -0.4 is 19.1 Å². The molecule has 1 saturated heterocycles. The first-order valence-electron chi connectivity index (χ1n) is 9.55. The molecule has 0 aliphatic carbocycles. The summed E-state index contributed by atoms with van der Waals surface area (Å²) in [4.78, 5) is 29.2. The molecule has 0 N–H and O–H groups in total. The Morgan fingerprint density at radius 1 is 0.897 bits per heavy atom. The smallest absolute Gasteiger partial charge is 0.251 e. The summed E-state index contributed by atoms with van der Waals surface area (Å²) in [7, 11) is 4.76. The highest BCUT2D eigenvalue weighted by molar-refractivity contribution is 6.23. The molecule has 0 saturated carbocycles. The number of nitrogens with zero attached hydrogens (tertiary/aromatic N) is 2. The molecule has 0 spiro atoms. The molecular formula is C22H24N2O5. The van der Waals surface area contributed by atoms with Crippen LogP contribution in [0.15, 0.2) is 36.4 Å². The lowest BCUT2D eigenvalue weighted by molar-refractivity contribution is -0.123. The third-order valence-corrected chi connectivity index (χ3v) is 5.64. The zero-order chi connectivity index (χ0) is 20.5. The van der Waals surface area contributed by atoms with Gasteiger partial charge in [-0.2, -0.15) is 0 Å². The van der Waals surface area contributed by atoms with Crippen LogP contribution >= 0.6 is 0 Å². The van der Waals surface area contributed by atoms with Crippen LogP contribution in [-0.2, 0) is 22.6 Å². The molecule has 152 valence electrons. The normalized spacial score (nSPS) is 19.3. The Labute approximate surface area is 169 Å². The van der Waals surface area contributed by atoms with E-state index in [2.05, 4.69) is 4.90 Å². The molecule has 0 aromatic heterocycles. The highest BCUT2D eigenvalue weighted by Crippen LogP contribution is 2.36. The van der Waals surface area contributed by atoms with Gasteiger partial charge in [-0.25, -0.2) is 4.90 Å². The number of carbonyl (C=O) groups is 2. The van der Waals surface area contributed by atoms with Crippen molar-refractivity contribution in [1.82, 2.24) is 4.90 Å². The second-order valence-corrected chi connectivity index (χ2v) is 7.16. The van der Waals surface area contributed by atoms with Gasteiger partial charge >= 0.3 is 0 Å². The summed E-state index contributed by atoms with van der Waals surface area (Å²) in [6.45, 7) is 1.28. The largest absolute Gasteiger partial charge is 0.495 e. The fourth-order valence-corrected chi connectivity index (χ4v) is 4.14. The average molecular weight is 396 g/mol. The molecule has 1 fully saturated rings. The highest BCUT2D eigenvalue weighted by atomic mass is 16.5. The number of anilines is 1. The fourth-order valence-electron chi connectivity index (χ4n) is 4.14. The lowest BCUT2D eigenvalue weighted by atomic mass is 9.97. The first-order chi connectivity index (χ1) is 14.1. The van der Waals surface area contributed by atoms with Crippen LogP contribution in [-0.4, -0.2) is 50.6 Å². The Bertz CT molecular complexity index is 958. The van der Waals surface area contributed by atoms with Crippen molar-refractivity contribution in [3.63, 3.8) is 0 Å². The molecule has 7 heteroatoms. The summed E-state index contributed by atoms with van der Waals surface area (Å²) in [6.07, 6.45) is 0.946. The van der Waals surface area contributed by atoms with E-state index in [1.165, 1.54) is 17.6 Å². The number of fused-ring (bicyclic) bond motifs is 1. The Balaban J connectivity index is 1.59. The van der Waals surface area contributed by atoms with Gasteiger partial charge in [-0.15, -0.1) is 0 Å². The van der Waals surface area contributed by atoms with Crippen LogP contribution in [0.3, 0.4) is 0 Å². The maximum Gasteiger partial charge on any atom is 0.251 e. The number of hydrogen-bond acceptors (Lipinski definition) is 6. The molecule has 2 amide bonds. The summed E-state index contributed by atoms with van der Waals surface area (Å²) in [5.41, 5.74) is 2.76. The van der Waals surface area contributed by atoms with E-state index in [1.54, 1.807) is 32.4 Å². The van der Waals surface area contributed by atoms with Crippen molar-refractivity contribution in [2.45, 2.75) is 25.4 Å². The quantitative estimate of drug-likeness (QED) is 0.723. The first-order valence-corrected chi connectivity index (χ1v) is 9.55. The van der Waals surface area contributed by atoms with Gasteiger partial charge in [0.2, 0.25) is 5.91 Å². The number of amides is 2. The number of carbonyl (C=O) groups excluding carboxylic acids is 2. The van der Waals surface area contributed by atoms with Gasteiger partial charge in [0.1, 0.15) is 5.75 Å². The molecule has 1 unspecified atom stereocenters. The van der Waals surface area contributed by atoms with E-state index in [9.17, 15) is 9.59 Å². The number of methoxy groups -OCH3 is 3. The number of ether oxygens (including phenoxy) is 3. The van der Waals surface area contributed by atoms with Crippen LogP contribution in [0.4, 0.5) is 5.69 Å². The maximum atomic E-state index is 13.2. The molecular weight excluding hydrogens is 372 g/mol. The van der Waals surface area contributed by atoms with Gasteiger partial charge in [0.15, 0.2) is 11.5 Å². The molecule has 2 heterocycles. The van der Waals surface area contributed by atoms with Crippen molar-refractivity contribution >= 4 is 17.5 Å². The minimum absolute atomic E-state index is 0.166. The topological polar surface area (TPSA) is 68.3 Å². The maximum absolute atomic E-state index is 13.2. The van der Waals surface area contributed by atoms with Gasteiger partial charge in [0, 0.05) is 13.1 Å². The molecule has 0 bridgehead atoms. The SMILES string of the molecule is COc1cc2c(cc1OC)CN(C1CC(=O)N(c3ccccc3OC)C1=O)CC2. The predicted molar refractivity (Wildman–Crippen MR) is 108 cm³/mol. The van der Waals surface area contributed by atoms with E-state index in [0.29, 0.717) is 36.0 Å². The molecule has 2 aromatic rings. The summed E-state index contributed by atoms with van der Waals surface area (Å²) in [6, 6.07) is 10.6. The van der Waals surface area contributed by atoms with Crippen LogP contribution in [0.5, 0.6) is 17.2 Å². The number of rotatable bonds is 5. The summed E-state index contributed by atoms with van der Waals surface area (Å²) in [5, 5.41) is 0. The average Bonchev–Trinajstić information content (AvgIpc) is 3.05. The van der Waals surface area contributed by atoms with Crippen molar-refractivity contribution in [2.24, 2.45) is 0 Å². The second kappa shape index (κ2) is 7.75. The zero-order valence-corrected chi connectivity index (χ0v) is 16.8. The van der Waals surface area contributed by atoms with Gasteiger partial charge in [0.05, 0.1) is 39.5 Å². The van der Waals surface area contributed by atoms with E-state index < -0.39 is 6.04 Å². The molecule has 2 aliphatic rings. The zero-order valence-electron chi connectivity index (χ0n) is 16.8. The van der Waals surface area contributed by atoms with E-state index >= 15 is 0 Å². The third-order valence-electron chi connectivity index (χ3n) is 5.64. The summed E-state index contributed by atoms with van der Waals surface area (Å²) < 4.78 is 16.1. The Morgan fingerprint density at radius 3 is 2.24 bits per heavy atom. The number of imide groups is 1. The Morgan fingerprint density at radius 2 is 1.55 bits per heavy atom. The second-order valence-electron chi connectivity index (χ2n) is 7.16. The van der Waals surface area contributed by atoms with Crippen molar-refractivity contribution in [2.75, 3.05) is 32.8 Å². The Hall–Kier alpha value is -3.06. The molecule has 2 aliphatic heterocycles. The van der Waals surface area contributed by atoms with E-state index in [0.717, 1.165) is 12.0 Å². The van der Waals surface area contributed by atoms with Gasteiger partial charge < -0.3 is 14.2 Å². The van der Waals surface area contributed by atoms with Crippen LogP contribution in [0.25, 0.3) is 0 Å². The van der Waals surface area contributed by atoms with Gasteiger partial charge in [-0.05, 0) is 41.8 Å². The third kappa shape index (κ3) is 3.31. The molecule has 7 nitrogen and oxygen atoms in total. The van der Waals surface area contributed by atoms with Crippen molar-refractivity contribution in [3.05, 3.63) is 47.5 Å². The molecule has 29 heavy (non-hydrogen) atoms. The number of benzene rings is 2.